The zero-order valence-corrected chi connectivity index (χ0v) is 12.7. The van der Waals surface area contributed by atoms with Gasteiger partial charge in [0.25, 0.3) is 0 Å². The Bertz CT molecular complexity index is 512. The second kappa shape index (κ2) is 5.47. The molecule has 0 aromatic heterocycles. The Balaban J connectivity index is 1.45. The van der Waals surface area contributed by atoms with Crippen molar-refractivity contribution in [2.75, 3.05) is 6.54 Å². The maximum Gasteiger partial charge on any atom is 0.226 e. The largest absolute Gasteiger partial charge is 0.339 e. The van der Waals surface area contributed by atoms with Crippen molar-refractivity contribution < 1.29 is 4.79 Å². The fourth-order valence-corrected chi connectivity index (χ4v) is 4.98. The van der Waals surface area contributed by atoms with E-state index in [0.29, 0.717) is 23.8 Å². The highest BCUT2D eigenvalue weighted by Crippen LogP contribution is 2.49. The van der Waals surface area contributed by atoms with Gasteiger partial charge in [-0.3, -0.25) is 4.79 Å². The van der Waals surface area contributed by atoms with Gasteiger partial charge in [0, 0.05) is 18.5 Å². The van der Waals surface area contributed by atoms with Crippen molar-refractivity contribution in [2.24, 2.45) is 17.8 Å². The van der Waals surface area contributed by atoms with Gasteiger partial charge >= 0.3 is 0 Å². The molecule has 0 N–H and O–H groups in total. The van der Waals surface area contributed by atoms with Crippen LogP contribution in [0, 0.1) is 17.8 Å². The van der Waals surface area contributed by atoms with Gasteiger partial charge in [0.05, 0.1) is 0 Å². The summed E-state index contributed by atoms with van der Waals surface area (Å²) in [6, 6.07) is 11.1. The smallest absolute Gasteiger partial charge is 0.226 e. The molecule has 1 heterocycles. The monoisotopic (exact) mass is 283 g/mol. The van der Waals surface area contributed by atoms with Crippen LogP contribution in [0.2, 0.25) is 0 Å². The minimum absolute atomic E-state index is 0.361. The van der Waals surface area contributed by atoms with E-state index in [1.807, 2.05) is 0 Å². The Hall–Kier alpha value is -1.31. The molecule has 1 amide bonds. The van der Waals surface area contributed by atoms with E-state index in [1.54, 1.807) is 0 Å². The number of carbonyl (C=O) groups is 1. The number of amides is 1. The van der Waals surface area contributed by atoms with E-state index in [4.69, 9.17) is 0 Å². The second-order valence-corrected chi connectivity index (χ2v) is 7.30. The standard InChI is InChI=1S/C19H25NO/c21-19(18-13-15-8-9-16(18)11-15)20-10-4-7-17(20)12-14-5-2-1-3-6-14/h1-3,5-6,15-18H,4,7-13H2/t15-,16-,17+,18-/m0/s1. The number of hydrogen-bond acceptors (Lipinski definition) is 1. The van der Waals surface area contributed by atoms with Crippen molar-refractivity contribution in [3.8, 4) is 0 Å². The van der Waals surface area contributed by atoms with E-state index in [-0.39, 0.29) is 0 Å². The van der Waals surface area contributed by atoms with Gasteiger partial charge in [0.2, 0.25) is 5.91 Å². The van der Waals surface area contributed by atoms with Crippen LogP contribution in [0.5, 0.6) is 0 Å². The Morgan fingerprint density at radius 1 is 1.10 bits per heavy atom. The van der Waals surface area contributed by atoms with Crippen molar-refractivity contribution in [2.45, 2.75) is 51.0 Å². The maximum absolute atomic E-state index is 13.0. The number of rotatable bonds is 3. The number of fused-ring (bicyclic) bond motifs is 2. The van der Waals surface area contributed by atoms with E-state index < -0.39 is 0 Å². The SMILES string of the molecule is O=C([C@H]1C[C@H]2CC[C@H]1C2)N1CCC[C@@H]1Cc1ccccc1. The van der Waals surface area contributed by atoms with Crippen molar-refractivity contribution in [3.63, 3.8) is 0 Å². The van der Waals surface area contributed by atoms with Gasteiger partial charge in [-0.1, -0.05) is 36.8 Å². The number of benzene rings is 1. The molecule has 3 fully saturated rings. The molecule has 1 aromatic rings. The van der Waals surface area contributed by atoms with Gasteiger partial charge in [-0.25, -0.2) is 0 Å². The molecule has 21 heavy (non-hydrogen) atoms. The molecule has 2 nitrogen and oxygen atoms in total. The molecule has 112 valence electrons. The molecule has 1 saturated heterocycles. The van der Waals surface area contributed by atoms with E-state index in [2.05, 4.69) is 35.2 Å². The van der Waals surface area contributed by atoms with Crippen LogP contribution in [-0.2, 0) is 11.2 Å². The Labute approximate surface area is 127 Å². The molecule has 0 unspecified atom stereocenters. The number of hydrogen-bond donors (Lipinski definition) is 0. The van der Waals surface area contributed by atoms with Crippen LogP contribution in [0.4, 0.5) is 0 Å². The molecular formula is C19H25NO. The van der Waals surface area contributed by atoms with E-state index in [9.17, 15) is 4.79 Å². The highest BCUT2D eigenvalue weighted by Gasteiger charge is 2.45. The average molecular weight is 283 g/mol. The number of nitrogens with zero attached hydrogens (tertiary/aromatic N) is 1. The van der Waals surface area contributed by atoms with Crippen molar-refractivity contribution in [1.29, 1.82) is 0 Å². The quantitative estimate of drug-likeness (QED) is 0.829. The van der Waals surface area contributed by atoms with Gasteiger partial charge in [0.1, 0.15) is 0 Å². The average Bonchev–Trinajstić information content (AvgIpc) is 3.24. The number of likely N-dealkylation sites (tertiary alicyclic amines) is 1. The lowest BCUT2D eigenvalue weighted by atomic mass is 9.87. The van der Waals surface area contributed by atoms with Crippen molar-refractivity contribution in [1.82, 2.24) is 4.90 Å². The summed E-state index contributed by atoms with van der Waals surface area (Å²) in [7, 11) is 0. The zero-order chi connectivity index (χ0) is 14.2. The minimum atomic E-state index is 0.361. The van der Waals surface area contributed by atoms with E-state index >= 15 is 0 Å². The van der Waals surface area contributed by atoms with Crippen molar-refractivity contribution >= 4 is 5.91 Å². The summed E-state index contributed by atoms with van der Waals surface area (Å²) in [6.45, 7) is 0.990. The van der Waals surface area contributed by atoms with Gasteiger partial charge < -0.3 is 4.90 Å². The van der Waals surface area contributed by atoms with Crippen LogP contribution in [0.15, 0.2) is 30.3 Å². The Kier molecular flexibility index (Phi) is 3.48. The Morgan fingerprint density at radius 2 is 1.95 bits per heavy atom. The summed E-state index contributed by atoms with van der Waals surface area (Å²) >= 11 is 0. The van der Waals surface area contributed by atoms with Crippen LogP contribution in [0.3, 0.4) is 0 Å². The van der Waals surface area contributed by atoms with Crippen LogP contribution in [0.25, 0.3) is 0 Å². The highest BCUT2D eigenvalue weighted by molar-refractivity contribution is 5.80. The molecule has 1 aliphatic heterocycles. The fraction of sp³-hybridized carbons (Fsp3) is 0.632. The molecule has 4 rings (SSSR count). The molecule has 3 aliphatic rings. The molecule has 4 atom stereocenters. The molecule has 0 radical (unpaired) electrons. The first-order chi connectivity index (χ1) is 10.3. The van der Waals surface area contributed by atoms with E-state index in [0.717, 1.165) is 18.9 Å². The van der Waals surface area contributed by atoms with Gasteiger partial charge in [0.15, 0.2) is 0 Å². The molecule has 2 saturated carbocycles. The topological polar surface area (TPSA) is 20.3 Å². The lowest BCUT2D eigenvalue weighted by Gasteiger charge is -2.31. The van der Waals surface area contributed by atoms with Crippen LogP contribution < -0.4 is 0 Å². The summed E-state index contributed by atoms with van der Waals surface area (Å²) in [5.74, 6) is 2.42. The molecule has 2 aliphatic carbocycles. The first-order valence-electron chi connectivity index (χ1n) is 8.65. The molecular weight excluding hydrogens is 258 g/mol. The third-order valence-electron chi connectivity index (χ3n) is 6.03. The van der Waals surface area contributed by atoms with Gasteiger partial charge in [-0.2, -0.15) is 0 Å². The summed E-state index contributed by atoms with van der Waals surface area (Å²) in [5, 5.41) is 0. The summed E-state index contributed by atoms with van der Waals surface area (Å²) in [6.07, 6.45) is 8.59. The lowest BCUT2D eigenvalue weighted by molar-refractivity contribution is -0.138. The lowest BCUT2D eigenvalue weighted by Crippen LogP contribution is -2.42. The molecule has 1 aromatic carbocycles. The molecule has 2 heteroatoms. The third kappa shape index (κ3) is 2.49. The zero-order valence-electron chi connectivity index (χ0n) is 12.7. The van der Waals surface area contributed by atoms with Gasteiger partial charge in [-0.05, 0) is 55.9 Å². The highest BCUT2D eigenvalue weighted by atomic mass is 16.2. The van der Waals surface area contributed by atoms with E-state index in [1.165, 1.54) is 44.1 Å². The van der Waals surface area contributed by atoms with Crippen LogP contribution in [0.1, 0.15) is 44.1 Å². The third-order valence-corrected chi connectivity index (χ3v) is 6.03. The maximum atomic E-state index is 13.0. The fourth-order valence-electron chi connectivity index (χ4n) is 4.98. The number of carbonyl (C=O) groups excluding carboxylic acids is 1. The summed E-state index contributed by atoms with van der Waals surface area (Å²) in [5.41, 5.74) is 1.37. The predicted octanol–water partition coefficient (Wildman–Crippen LogP) is 3.66. The second-order valence-electron chi connectivity index (χ2n) is 7.30. The predicted molar refractivity (Wildman–Crippen MR) is 83.8 cm³/mol. The summed E-state index contributed by atoms with van der Waals surface area (Å²) in [4.78, 5) is 15.2. The molecule has 2 bridgehead atoms. The van der Waals surface area contributed by atoms with Crippen molar-refractivity contribution in [3.05, 3.63) is 35.9 Å². The summed E-state index contributed by atoms with van der Waals surface area (Å²) < 4.78 is 0. The first-order valence-corrected chi connectivity index (χ1v) is 8.65. The van der Waals surface area contributed by atoms with Gasteiger partial charge in [-0.15, -0.1) is 0 Å². The molecule has 0 spiro atoms. The first kappa shape index (κ1) is 13.4. The van der Waals surface area contributed by atoms with Crippen LogP contribution >= 0.6 is 0 Å². The normalized spacial score (nSPS) is 34.6. The minimum Gasteiger partial charge on any atom is -0.339 e. The Morgan fingerprint density at radius 3 is 2.67 bits per heavy atom. The van der Waals surface area contributed by atoms with Crippen LogP contribution in [-0.4, -0.2) is 23.4 Å².